The predicted octanol–water partition coefficient (Wildman–Crippen LogP) is 8.68. The fourth-order valence-electron chi connectivity index (χ4n) is 15.3. The number of carboxylic acids is 2. The van der Waals surface area contributed by atoms with Gasteiger partial charge in [-0.3, -0.25) is 38.1 Å². The lowest BCUT2D eigenvalue weighted by Crippen LogP contribution is -2.59. The van der Waals surface area contributed by atoms with Crippen LogP contribution < -0.4 is 42.5 Å². The zero-order valence-corrected chi connectivity index (χ0v) is 64.5. The Labute approximate surface area is 659 Å². The molecule has 0 spiro atoms. The van der Waals surface area contributed by atoms with Crippen LogP contribution in [0.2, 0.25) is 0 Å². The average molecular weight is 1590 g/mol. The Morgan fingerprint density at radius 3 is 1.12 bits per heavy atom. The van der Waals surface area contributed by atoms with Crippen molar-refractivity contribution in [3.8, 4) is 0 Å². The Morgan fingerprint density at radius 2 is 0.798 bits per heavy atom. The van der Waals surface area contributed by atoms with E-state index in [1.165, 1.54) is 11.1 Å². The van der Waals surface area contributed by atoms with E-state index < -0.39 is 72.6 Å². The van der Waals surface area contributed by atoms with E-state index in [0.717, 1.165) is 86.5 Å². The lowest BCUT2D eigenvalue weighted by Gasteiger charge is -2.33. The summed E-state index contributed by atoms with van der Waals surface area (Å²) >= 11 is 0. The van der Waals surface area contributed by atoms with Gasteiger partial charge in [0, 0.05) is 63.2 Å². The molecule has 0 unspecified atom stereocenters. The lowest BCUT2D eigenvalue weighted by molar-refractivity contribution is -0.193. The molecule has 5 aromatic carbocycles. The first-order valence-electron chi connectivity index (χ1n) is 39.1. The van der Waals surface area contributed by atoms with Crippen LogP contribution in [0, 0.1) is 11.8 Å². The van der Waals surface area contributed by atoms with E-state index in [0.29, 0.717) is 89.2 Å². The molecule has 0 saturated carbocycles. The molecule has 4 aliphatic rings. The molecule has 32 heteroatoms. The topological polar surface area (TPSA) is 341 Å². The highest BCUT2D eigenvalue weighted by Crippen LogP contribution is 2.37. The maximum atomic E-state index is 14.9. The maximum Gasteiger partial charge on any atom is 0.490 e. The second-order valence-corrected chi connectivity index (χ2v) is 29.2. The molecule has 0 aliphatic carbocycles. The van der Waals surface area contributed by atoms with Gasteiger partial charge in [0.05, 0.1) is 36.6 Å². The summed E-state index contributed by atoms with van der Waals surface area (Å²) in [5.41, 5.74) is 7.74. The number of aryl methyl sites for hydroxylation is 4. The van der Waals surface area contributed by atoms with Crippen molar-refractivity contribution in [2.75, 3.05) is 27.2 Å². The van der Waals surface area contributed by atoms with Crippen molar-refractivity contribution in [2.24, 2.45) is 11.8 Å². The van der Waals surface area contributed by atoms with E-state index >= 15 is 0 Å². The molecule has 6 amide bonds. The number of nitrogens with one attached hydrogen (secondary N) is 8. The van der Waals surface area contributed by atoms with Gasteiger partial charge in [-0.05, 0) is 150 Å². The lowest BCUT2D eigenvalue weighted by atomic mass is 9.92. The molecule has 10 N–H and O–H groups in total. The van der Waals surface area contributed by atoms with Crippen molar-refractivity contribution in [1.82, 2.24) is 82.3 Å². The van der Waals surface area contributed by atoms with Crippen LogP contribution >= 0.6 is 0 Å². The minimum Gasteiger partial charge on any atom is -0.475 e. The summed E-state index contributed by atoms with van der Waals surface area (Å²) in [6.07, 6.45) is 5.62. The Hall–Kier alpha value is -10.4. The number of amides is 6. The number of rotatable bonds is 34. The predicted molar refractivity (Wildman–Crippen MR) is 412 cm³/mol. The molecule has 26 nitrogen and oxygen atoms in total. The van der Waals surface area contributed by atoms with Crippen molar-refractivity contribution < 1.29 is 74.9 Å². The van der Waals surface area contributed by atoms with Gasteiger partial charge in [0.1, 0.15) is 35.6 Å². The first-order valence-corrected chi connectivity index (χ1v) is 39.1. The molecule has 614 valence electrons. The highest BCUT2D eigenvalue weighted by atomic mass is 19.4. The van der Waals surface area contributed by atoms with Gasteiger partial charge in [0.15, 0.2) is 0 Å². The number of carboxylic acid groups (broad SMARTS) is 2. The SMILES string of the molecule is CC[C@H](NC)C(=O)N[C@@H]1C(=O)N2[C@@H](CC[C@@H]1CNCc1ccccc1)CC[C@H]2C(=O)N[C@@H](c1ccccc1)c1cn(CCCCc2ccc(CCCCn3cc([C@@H](NC(=O)[C@@H]4CC[C@@H]5CC[C@H](CNCc6ccccc6)[C@H](NC(=O)[C@H](CC)NC)C(=O)N54)c4ccccc4)nn3)cc2)nn1.O=C(O)C(F)(F)F.O=C(O)C(F)(F)F. The minimum atomic E-state index is -5.08. The Balaban J connectivity index is 0.000000972. The molecule has 0 radical (unpaired) electrons. The average Bonchev–Trinajstić information content (AvgIpc) is 1.63. The van der Waals surface area contributed by atoms with Gasteiger partial charge < -0.3 is 62.5 Å². The van der Waals surface area contributed by atoms with E-state index in [9.17, 15) is 55.1 Å². The van der Waals surface area contributed by atoms with Crippen LogP contribution in [0.25, 0.3) is 0 Å². The molecule has 7 aromatic rings. The second kappa shape index (κ2) is 42.6. The number of unbranched alkanes of at least 4 members (excludes halogenated alkanes) is 2. The zero-order chi connectivity index (χ0) is 81.9. The van der Waals surface area contributed by atoms with Crippen LogP contribution in [0.4, 0.5) is 26.3 Å². The molecular weight excluding hydrogens is 1480 g/mol. The van der Waals surface area contributed by atoms with Gasteiger partial charge in [0.2, 0.25) is 35.4 Å². The van der Waals surface area contributed by atoms with Gasteiger partial charge >= 0.3 is 24.3 Å². The van der Waals surface area contributed by atoms with Gasteiger partial charge in [0.25, 0.3) is 0 Å². The Kier molecular flexibility index (Phi) is 32.7. The van der Waals surface area contributed by atoms with E-state index in [1.54, 1.807) is 23.9 Å². The quantitative estimate of drug-likeness (QED) is 0.0133. The number of fused-ring (bicyclic) bond motifs is 2. The van der Waals surface area contributed by atoms with Gasteiger partial charge in [-0.2, -0.15) is 26.3 Å². The summed E-state index contributed by atoms with van der Waals surface area (Å²) in [5.74, 6) is -7.21. The molecule has 12 atom stereocenters. The number of likely N-dealkylation sites (N-methyl/N-ethyl adjacent to an activating group) is 2. The first kappa shape index (κ1) is 87.5. The molecule has 4 aliphatic heterocycles. The third-order valence-corrected chi connectivity index (χ3v) is 21.5. The van der Waals surface area contributed by atoms with Crippen molar-refractivity contribution >= 4 is 47.4 Å². The molecule has 114 heavy (non-hydrogen) atoms. The molecule has 4 fully saturated rings. The number of halogens is 6. The highest BCUT2D eigenvalue weighted by Gasteiger charge is 2.50. The number of hydrogen-bond acceptors (Lipinski definition) is 16. The van der Waals surface area contributed by atoms with Crippen LogP contribution in [0.1, 0.15) is 161 Å². The first-order chi connectivity index (χ1) is 54.8. The molecule has 2 aromatic heterocycles. The van der Waals surface area contributed by atoms with Crippen LogP contribution in [0.5, 0.6) is 0 Å². The number of alkyl halides is 6. The van der Waals surface area contributed by atoms with Crippen molar-refractivity contribution in [3.05, 3.63) is 203 Å². The number of hydrogen-bond donors (Lipinski definition) is 10. The van der Waals surface area contributed by atoms with Gasteiger partial charge in [-0.15, -0.1) is 10.2 Å². The largest absolute Gasteiger partial charge is 0.490 e. The van der Waals surface area contributed by atoms with Crippen LogP contribution in [0.3, 0.4) is 0 Å². The maximum absolute atomic E-state index is 14.9. The van der Waals surface area contributed by atoms with Crippen molar-refractivity contribution in [2.45, 2.75) is 216 Å². The molecule has 0 bridgehead atoms. The molecule has 4 saturated heterocycles. The Bertz CT molecular complexity index is 3950. The monoisotopic (exact) mass is 1590 g/mol. The van der Waals surface area contributed by atoms with Gasteiger partial charge in [-0.25, -0.2) is 9.59 Å². The third kappa shape index (κ3) is 24.8. The number of carbonyl (C=O) groups excluding carboxylic acids is 6. The number of benzene rings is 5. The van der Waals surface area contributed by atoms with Crippen LogP contribution in [-0.2, 0) is 77.4 Å². The zero-order valence-electron chi connectivity index (χ0n) is 64.5. The second-order valence-electron chi connectivity index (χ2n) is 29.2. The van der Waals surface area contributed by atoms with E-state index in [2.05, 4.69) is 112 Å². The smallest absolute Gasteiger partial charge is 0.475 e. The fourth-order valence-corrected chi connectivity index (χ4v) is 15.3. The van der Waals surface area contributed by atoms with Gasteiger partial charge in [-0.1, -0.05) is 170 Å². The summed E-state index contributed by atoms with van der Waals surface area (Å²) < 4.78 is 67.2. The molecule has 11 rings (SSSR count). The standard InChI is InChI=1S/C78H102N16O6.2C2HF3O2/c1-5-63(79-3)73(95)85-71-59(49-81-47-55-25-11-7-12-26-55)37-39-61-41-43-67(93(61)77(71)99)75(97)83-69(57-29-15-9-16-30-57)65-51-91(89-87-65)45-21-19-23-53-33-35-54(36-34-53)24-20-22-46-92-52-66(88-90-92)70(58-31-17-10-18-32-58)84-76(98)68-44-42-62-40-38-60(50-82-48-56-27-13-8-14-28-56)72(78(100)94(62)68)86-74(96)64(6-2)80-4;2*3-2(4,5)1(6)7/h7-18,25-36,51-52,59-64,67-72,79-82H,5-6,19-24,37-50H2,1-4H3,(H,83,97)(H,84,98)(H,85,95)(H,86,96);2*(H,6,7)/t59-,60-,61+,62+,63+,64+,67+,68+,69+,70+,71+,72+;;/m1../s1. The summed E-state index contributed by atoms with van der Waals surface area (Å²) in [6.45, 7) is 7.54. The van der Waals surface area contributed by atoms with Crippen molar-refractivity contribution in [1.29, 1.82) is 0 Å². The number of aromatic nitrogens is 6. The van der Waals surface area contributed by atoms with E-state index in [4.69, 9.17) is 19.8 Å². The third-order valence-electron chi connectivity index (χ3n) is 21.5. The van der Waals surface area contributed by atoms with Crippen LogP contribution in [0.15, 0.2) is 158 Å². The highest BCUT2D eigenvalue weighted by molar-refractivity contribution is 5.95. The Morgan fingerprint density at radius 1 is 0.465 bits per heavy atom. The summed E-state index contributed by atoms with van der Waals surface area (Å²) in [6, 6.07) is 43.3. The minimum absolute atomic E-state index is 0.118. The number of carbonyl (C=O) groups is 8. The van der Waals surface area contributed by atoms with E-state index in [-0.39, 0.29) is 59.4 Å². The van der Waals surface area contributed by atoms with E-state index in [1.807, 2.05) is 133 Å². The normalized spacial score (nSPS) is 20.5. The fraction of sp³-hybridized carbons (Fsp3) is 0.488. The number of nitrogens with zero attached hydrogens (tertiary/aromatic N) is 8. The summed E-state index contributed by atoms with van der Waals surface area (Å²) in [7, 11) is 3.50. The molecule has 6 heterocycles. The van der Waals surface area contributed by atoms with Crippen molar-refractivity contribution in [3.63, 3.8) is 0 Å². The van der Waals surface area contributed by atoms with Crippen LogP contribution in [-0.4, -0.2) is 185 Å². The molecular formula is C82H104F6N16O10. The summed E-state index contributed by atoms with van der Waals surface area (Å²) in [4.78, 5) is 108. The number of aliphatic carboxylic acids is 2. The summed E-state index contributed by atoms with van der Waals surface area (Å²) in [5, 5.41) is 58.7.